The second-order valence-corrected chi connectivity index (χ2v) is 4.84. The molecule has 5 nitrogen and oxygen atoms in total. The first-order valence-corrected chi connectivity index (χ1v) is 6.44. The van der Waals surface area contributed by atoms with Crippen LogP contribution in [0.2, 0.25) is 5.02 Å². The van der Waals surface area contributed by atoms with E-state index in [1.54, 1.807) is 31.3 Å². The Morgan fingerprint density at radius 2 is 2.15 bits per heavy atom. The summed E-state index contributed by atoms with van der Waals surface area (Å²) in [6.07, 6.45) is 1.54. The van der Waals surface area contributed by atoms with Crippen molar-refractivity contribution in [2.24, 2.45) is 0 Å². The standard InChI is InChI=1S/C14H14ClN3O2/c1-8-12(9(2)19)4-3-11(18-8)7-17-14(20)13-5-10(15)6-16-13/h3-6,16H,7H2,1-2H3,(H,17,20). The Morgan fingerprint density at radius 1 is 1.40 bits per heavy atom. The molecule has 0 aliphatic heterocycles. The number of carbonyl (C=O) groups excluding carboxylic acids is 2. The Labute approximate surface area is 121 Å². The zero-order valence-electron chi connectivity index (χ0n) is 11.2. The minimum Gasteiger partial charge on any atom is -0.356 e. The van der Waals surface area contributed by atoms with Crippen molar-refractivity contribution in [3.63, 3.8) is 0 Å². The molecular formula is C14H14ClN3O2. The van der Waals surface area contributed by atoms with Crippen molar-refractivity contribution in [3.8, 4) is 0 Å². The average molecular weight is 292 g/mol. The fourth-order valence-electron chi connectivity index (χ4n) is 1.85. The number of pyridine rings is 1. The van der Waals surface area contributed by atoms with Gasteiger partial charge in [0.25, 0.3) is 5.91 Å². The molecule has 2 N–H and O–H groups in total. The molecule has 0 aliphatic rings. The van der Waals surface area contributed by atoms with Crippen LogP contribution in [0.3, 0.4) is 0 Å². The summed E-state index contributed by atoms with van der Waals surface area (Å²) >= 11 is 5.73. The van der Waals surface area contributed by atoms with Gasteiger partial charge in [0.2, 0.25) is 0 Å². The third-order valence-corrected chi connectivity index (χ3v) is 3.06. The van der Waals surface area contributed by atoms with Gasteiger partial charge in [0.05, 0.1) is 17.3 Å². The number of nitrogens with zero attached hydrogens (tertiary/aromatic N) is 1. The van der Waals surface area contributed by atoms with E-state index < -0.39 is 0 Å². The lowest BCUT2D eigenvalue weighted by molar-refractivity contribution is 0.0944. The third kappa shape index (κ3) is 3.24. The highest BCUT2D eigenvalue weighted by molar-refractivity contribution is 6.30. The smallest absolute Gasteiger partial charge is 0.268 e. The summed E-state index contributed by atoms with van der Waals surface area (Å²) in [4.78, 5) is 30.2. The van der Waals surface area contributed by atoms with Crippen LogP contribution >= 0.6 is 11.6 Å². The highest BCUT2D eigenvalue weighted by Crippen LogP contribution is 2.10. The second-order valence-electron chi connectivity index (χ2n) is 4.41. The molecule has 2 aromatic heterocycles. The van der Waals surface area contributed by atoms with Gasteiger partial charge in [-0.3, -0.25) is 14.6 Å². The molecule has 0 radical (unpaired) electrons. The number of rotatable bonds is 4. The monoisotopic (exact) mass is 291 g/mol. The molecule has 104 valence electrons. The first kappa shape index (κ1) is 14.3. The lowest BCUT2D eigenvalue weighted by Gasteiger charge is -2.06. The SMILES string of the molecule is CC(=O)c1ccc(CNC(=O)c2cc(Cl)c[nH]2)nc1C. The van der Waals surface area contributed by atoms with Gasteiger partial charge in [0, 0.05) is 17.5 Å². The molecule has 0 fully saturated rings. The molecule has 0 atom stereocenters. The summed E-state index contributed by atoms with van der Waals surface area (Å²) < 4.78 is 0. The fraction of sp³-hybridized carbons (Fsp3) is 0.214. The molecule has 0 spiro atoms. The Balaban J connectivity index is 2.02. The molecule has 0 unspecified atom stereocenters. The van der Waals surface area contributed by atoms with Crippen molar-refractivity contribution in [1.29, 1.82) is 0 Å². The molecule has 0 saturated carbocycles. The minimum absolute atomic E-state index is 0.0217. The fourth-order valence-corrected chi connectivity index (χ4v) is 2.01. The summed E-state index contributed by atoms with van der Waals surface area (Å²) in [5.41, 5.74) is 2.34. The van der Waals surface area contributed by atoms with Gasteiger partial charge in [0.1, 0.15) is 5.69 Å². The quantitative estimate of drug-likeness (QED) is 0.850. The second kappa shape index (κ2) is 5.88. The summed E-state index contributed by atoms with van der Waals surface area (Å²) in [6, 6.07) is 5.00. The number of aromatic amines is 1. The number of aromatic nitrogens is 2. The van der Waals surface area contributed by atoms with Gasteiger partial charge in [-0.15, -0.1) is 0 Å². The zero-order chi connectivity index (χ0) is 14.7. The van der Waals surface area contributed by atoms with E-state index in [1.165, 1.54) is 6.92 Å². The Kier molecular flexibility index (Phi) is 4.20. The van der Waals surface area contributed by atoms with Crippen molar-refractivity contribution in [3.05, 3.63) is 52.1 Å². The highest BCUT2D eigenvalue weighted by atomic mass is 35.5. The summed E-state index contributed by atoms with van der Waals surface area (Å²) in [5.74, 6) is -0.279. The summed E-state index contributed by atoms with van der Waals surface area (Å²) in [5, 5.41) is 3.21. The first-order valence-electron chi connectivity index (χ1n) is 6.07. The van der Waals surface area contributed by atoms with E-state index in [4.69, 9.17) is 11.6 Å². The van der Waals surface area contributed by atoms with Crippen molar-refractivity contribution in [2.45, 2.75) is 20.4 Å². The number of halogens is 1. The van der Waals surface area contributed by atoms with Crippen LogP contribution in [-0.2, 0) is 6.54 Å². The molecule has 0 saturated heterocycles. The maximum Gasteiger partial charge on any atom is 0.268 e. The average Bonchev–Trinajstić information content (AvgIpc) is 2.82. The van der Waals surface area contributed by atoms with Gasteiger partial charge >= 0.3 is 0 Å². The number of ketones is 1. The van der Waals surface area contributed by atoms with Gasteiger partial charge in [-0.25, -0.2) is 0 Å². The molecule has 0 aromatic carbocycles. The number of nitrogens with one attached hydrogen (secondary N) is 2. The van der Waals surface area contributed by atoms with E-state index in [9.17, 15) is 9.59 Å². The molecular weight excluding hydrogens is 278 g/mol. The van der Waals surface area contributed by atoms with E-state index >= 15 is 0 Å². The topological polar surface area (TPSA) is 74.8 Å². The van der Waals surface area contributed by atoms with Crippen LogP contribution in [0.5, 0.6) is 0 Å². The largest absolute Gasteiger partial charge is 0.356 e. The van der Waals surface area contributed by atoms with E-state index in [1.807, 2.05) is 0 Å². The number of amides is 1. The lowest BCUT2D eigenvalue weighted by Crippen LogP contribution is -2.23. The Hall–Kier alpha value is -2.14. The van der Waals surface area contributed by atoms with Gasteiger partial charge in [-0.2, -0.15) is 0 Å². The van der Waals surface area contributed by atoms with E-state index in [0.29, 0.717) is 27.7 Å². The van der Waals surface area contributed by atoms with Crippen LogP contribution < -0.4 is 5.32 Å². The van der Waals surface area contributed by atoms with Gasteiger partial charge in [0.15, 0.2) is 5.78 Å². The van der Waals surface area contributed by atoms with Crippen LogP contribution in [0, 0.1) is 6.92 Å². The number of H-pyrrole nitrogens is 1. The molecule has 2 heterocycles. The summed E-state index contributed by atoms with van der Waals surface area (Å²) in [6.45, 7) is 3.56. The van der Waals surface area contributed by atoms with E-state index in [2.05, 4.69) is 15.3 Å². The first-order chi connectivity index (χ1) is 9.47. The van der Waals surface area contributed by atoms with Crippen molar-refractivity contribution < 1.29 is 9.59 Å². The molecule has 6 heteroatoms. The Bertz CT molecular complexity index is 664. The predicted octanol–water partition coefficient (Wildman–Crippen LogP) is 2.50. The normalized spacial score (nSPS) is 10.3. The Morgan fingerprint density at radius 3 is 2.70 bits per heavy atom. The summed E-state index contributed by atoms with van der Waals surface area (Å²) in [7, 11) is 0. The van der Waals surface area contributed by atoms with Crippen LogP contribution in [0.25, 0.3) is 0 Å². The van der Waals surface area contributed by atoms with Crippen molar-refractivity contribution in [1.82, 2.24) is 15.3 Å². The number of aryl methyl sites for hydroxylation is 1. The van der Waals surface area contributed by atoms with Crippen LogP contribution in [0.15, 0.2) is 24.4 Å². The highest BCUT2D eigenvalue weighted by Gasteiger charge is 2.09. The predicted molar refractivity (Wildman–Crippen MR) is 76.0 cm³/mol. The molecule has 1 amide bonds. The molecule has 20 heavy (non-hydrogen) atoms. The van der Waals surface area contributed by atoms with E-state index in [0.717, 1.165) is 0 Å². The zero-order valence-corrected chi connectivity index (χ0v) is 11.9. The lowest BCUT2D eigenvalue weighted by atomic mass is 10.1. The molecule has 0 aliphatic carbocycles. The maximum absolute atomic E-state index is 11.8. The van der Waals surface area contributed by atoms with Crippen LogP contribution in [0.4, 0.5) is 0 Å². The minimum atomic E-state index is -0.257. The molecule has 0 bridgehead atoms. The molecule has 2 aromatic rings. The number of hydrogen-bond donors (Lipinski definition) is 2. The van der Waals surface area contributed by atoms with Gasteiger partial charge < -0.3 is 10.3 Å². The van der Waals surface area contributed by atoms with E-state index in [-0.39, 0.29) is 18.2 Å². The van der Waals surface area contributed by atoms with Gasteiger partial charge in [-0.1, -0.05) is 11.6 Å². The maximum atomic E-state index is 11.8. The van der Waals surface area contributed by atoms with Crippen LogP contribution in [0.1, 0.15) is 39.2 Å². The number of Topliss-reactive ketones (excluding diaryl/α,β-unsaturated/α-hetero) is 1. The number of carbonyl (C=O) groups is 2. The molecule has 2 rings (SSSR count). The van der Waals surface area contributed by atoms with Crippen LogP contribution in [-0.4, -0.2) is 21.7 Å². The van der Waals surface area contributed by atoms with Crippen molar-refractivity contribution >= 4 is 23.3 Å². The third-order valence-electron chi connectivity index (χ3n) is 2.85. The van der Waals surface area contributed by atoms with Crippen molar-refractivity contribution in [2.75, 3.05) is 0 Å². The number of hydrogen-bond acceptors (Lipinski definition) is 3. The van der Waals surface area contributed by atoms with Gasteiger partial charge in [-0.05, 0) is 32.0 Å².